The molecule has 0 aromatic heterocycles. The Morgan fingerprint density at radius 2 is 1.44 bits per heavy atom. The lowest BCUT2D eigenvalue weighted by molar-refractivity contribution is 0.0693. The van der Waals surface area contributed by atoms with E-state index in [0.29, 0.717) is 17.1 Å². The summed E-state index contributed by atoms with van der Waals surface area (Å²) in [6.07, 6.45) is 0. The molecule has 5 heteroatoms. The van der Waals surface area contributed by atoms with Crippen LogP contribution in [0.1, 0.15) is 26.3 Å². The minimum absolute atomic E-state index is 0.194. The summed E-state index contributed by atoms with van der Waals surface area (Å²) in [5.41, 5.74) is 0.313. The van der Waals surface area contributed by atoms with Crippen LogP contribution in [-0.4, -0.2) is 22.0 Å². The molecule has 0 radical (unpaired) electrons. The molecule has 25 heavy (non-hydrogen) atoms. The normalized spacial score (nSPS) is 10.2. The van der Waals surface area contributed by atoms with Crippen molar-refractivity contribution in [2.75, 3.05) is 0 Å². The van der Waals surface area contributed by atoms with Crippen LogP contribution < -0.4 is 4.74 Å². The zero-order valence-corrected chi connectivity index (χ0v) is 13.0. The van der Waals surface area contributed by atoms with Gasteiger partial charge in [0.25, 0.3) is 0 Å². The van der Waals surface area contributed by atoms with Gasteiger partial charge in [-0.05, 0) is 42.5 Å². The summed E-state index contributed by atoms with van der Waals surface area (Å²) in [4.78, 5) is 23.5. The van der Waals surface area contributed by atoms with Crippen molar-refractivity contribution in [2.45, 2.75) is 0 Å². The van der Waals surface area contributed by atoms with Crippen molar-refractivity contribution in [1.82, 2.24) is 0 Å². The molecule has 0 fully saturated rings. The highest BCUT2D eigenvalue weighted by molar-refractivity contribution is 6.10. The smallest absolute Gasteiger partial charge is 0.339 e. The first-order valence-corrected chi connectivity index (χ1v) is 7.48. The molecule has 0 aliphatic carbocycles. The molecule has 3 rings (SSSR count). The summed E-state index contributed by atoms with van der Waals surface area (Å²) in [6.45, 7) is 0. The maximum absolute atomic E-state index is 12.6. The number of carboxylic acids is 1. The lowest BCUT2D eigenvalue weighted by atomic mass is 10.0. The van der Waals surface area contributed by atoms with Crippen molar-refractivity contribution in [3.8, 4) is 17.2 Å². The minimum Gasteiger partial charge on any atom is -0.507 e. The average Bonchev–Trinajstić information content (AvgIpc) is 2.62. The summed E-state index contributed by atoms with van der Waals surface area (Å²) in [5.74, 6) is -0.894. The van der Waals surface area contributed by atoms with Gasteiger partial charge in [-0.3, -0.25) is 4.79 Å². The van der Waals surface area contributed by atoms with Crippen LogP contribution in [0.3, 0.4) is 0 Å². The number of aromatic carboxylic acids is 1. The number of ether oxygens (including phenoxy) is 1. The molecule has 124 valence electrons. The van der Waals surface area contributed by atoms with Gasteiger partial charge in [0.05, 0.1) is 0 Å². The molecular weight excluding hydrogens is 320 g/mol. The third-order valence-corrected chi connectivity index (χ3v) is 3.57. The highest BCUT2D eigenvalue weighted by atomic mass is 16.5. The molecule has 5 nitrogen and oxygen atoms in total. The quantitative estimate of drug-likeness (QED) is 0.686. The highest BCUT2D eigenvalue weighted by Gasteiger charge is 2.15. The van der Waals surface area contributed by atoms with Gasteiger partial charge >= 0.3 is 5.97 Å². The maximum atomic E-state index is 12.6. The lowest BCUT2D eigenvalue weighted by Crippen LogP contribution is -2.03. The van der Waals surface area contributed by atoms with Crippen LogP contribution in [0.25, 0.3) is 0 Å². The summed E-state index contributed by atoms with van der Waals surface area (Å²) in [5, 5.41) is 18.7. The van der Waals surface area contributed by atoms with Crippen LogP contribution in [0.2, 0.25) is 0 Å². The molecule has 0 unspecified atom stereocenters. The third kappa shape index (κ3) is 3.67. The van der Waals surface area contributed by atoms with Gasteiger partial charge in [-0.2, -0.15) is 0 Å². The molecule has 0 aliphatic rings. The van der Waals surface area contributed by atoms with E-state index in [4.69, 9.17) is 9.84 Å². The average molecular weight is 334 g/mol. The second kappa shape index (κ2) is 6.88. The predicted molar refractivity (Wildman–Crippen MR) is 91.5 cm³/mol. The number of hydrogen-bond donors (Lipinski definition) is 2. The Balaban J connectivity index is 1.86. The van der Waals surface area contributed by atoms with Gasteiger partial charge in [0, 0.05) is 11.1 Å². The Bertz CT molecular complexity index is 932. The molecule has 3 aromatic carbocycles. The Labute approximate surface area is 143 Å². The maximum Gasteiger partial charge on any atom is 0.339 e. The monoisotopic (exact) mass is 334 g/mol. The van der Waals surface area contributed by atoms with Crippen LogP contribution in [0.15, 0.2) is 72.8 Å². The SMILES string of the molecule is O=C(c1cccc(Oc2ccccc2)c1)c1ccc(C(=O)O)c(O)c1. The number of ketones is 1. The van der Waals surface area contributed by atoms with Gasteiger partial charge in [0.1, 0.15) is 22.8 Å². The van der Waals surface area contributed by atoms with Crippen molar-refractivity contribution >= 4 is 11.8 Å². The number of carboxylic acid groups (broad SMARTS) is 1. The molecule has 3 aromatic rings. The number of carbonyl (C=O) groups excluding carboxylic acids is 1. The number of carbonyl (C=O) groups is 2. The third-order valence-electron chi connectivity index (χ3n) is 3.57. The second-order valence-corrected chi connectivity index (χ2v) is 5.31. The fourth-order valence-electron chi connectivity index (χ4n) is 2.35. The van der Waals surface area contributed by atoms with E-state index in [1.165, 1.54) is 12.1 Å². The van der Waals surface area contributed by atoms with Gasteiger partial charge in [0.2, 0.25) is 0 Å². The first-order valence-electron chi connectivity index (χ1n) is 7.48. The van der Waals surface area contributed by atoms with Crippen LogP contribution >= 0.6 is 0 Å². The minimum atomic E-state index is -1.25. The van der Waals surface area contributed by atoms with E-state index in [2.05, 4.69) is 0 Å². The van der Waals surface area contributed by atoms with Crippen LogP contribution in [-0.2, 0) is 0 Å². The topological polar surface area (TPSA) is 83.8 Å². The fraction of sp³-hybridized carbons (Fsp3) is 0. The van der Waals surface area contributed by atoms with E-state index in [1.807, 2.05) is 18.2 Å². The van der Waals surface area contributed by atoms with Crippen molar-refractivity contribution in [3.63, 3.8) is 0 Å². The summed E-state index contributed by atoms with van der Waals surface area (Å²) in [7, 11) is 0. The number of rotatable bonds is 5. The zero-order valence-electron chi connectivity index (χ0n) is 13.0. The van der Waals surface area contributed by atoms with Crippen molar-refractivity contribution in [1.29, 1.82) is 0 Å². The number of aromatic hydroxyl groups is 1. The molecule has 0 saturated carbocycles. The molecule has 0 saturated heterocycles. The van der Waals surface area contributed by atoms with Gasteiger partial charge in [-0.1, -0.05) is 30.3 Å². The van der Waals surface area contributed by atoms with E-state index in [-0.39, 0.29) is 16.9 Å². The summed E-state index contributed by atoms with van der Waals surface area (Å²) < 4.78 is 5.70. The molecule has 0 atom stereocenters. The van der Waals surface area contributed by atoms with Gasteiger partial charge in [-0.15, -0.1) is 0 Å². The first-order chi connectivity index (χ1) is 12.0. The summed E-state index contributed by atoms with van der Waals surface area (Å²) >= 11 is 0. The first kappa shape index (κ1) is 16.3. The van der Waals surface area contributed by atoms with Gasteiger partial charge in [-0.25, -0.2) is 4.79 Å². The number of para-hydroxylation sites is 1. The number of phenols is 1. The van der Waals surface area contributed by atoms with Gasteiger partial charge < -0.3 is 14.9 Å². The van der Waals surface area contributed by atoms with E-state index < -0.39 is 11.7 Å². The Hall–Kier alpha value is -3.60. The number of hydrogen-bond acceptors (Lipinski definition) is 4. The number of benzene rings is 3. The zero-order chi connectivity index (χ0) is 17.8. The lowest BCUT2D eigenvalue weighted by Gasteiger charge is -2.08. The molecule has 0 bridgehead atoms. The van der Waals surface area contributed by atoms with Gasteiger partial charge in [0.15, 0.2) is 5.78 Å². The predicted octanol–water partition coefficient (Wildman–Crippen LogP) is 4.11. The molecule has 0 spiro atoms. The van der Waals surface area contributed by atoms with Crippen LogP contribution in [0, 0.1) is 0 Å². The fourth-order valence-corrected chi connectivity index (χ4v) is 2.35. The Morgan fingerprint density at radius 1 is 0.760 bits per heavy atom. The molecule has 2 N–H and O–H groups in total. The highest BCUT2D eigenvalue weighted by Crippen LogP contribution is 2.25. The Kier molecular flexibility index (Phi) is 4.48. The van der Waals surface area contributed by atoms with E-state index in [9.17, 15) is 14.7 Å². The van der Waals surface area contributed by atoms with Crippen LogP contribution in [0.5, 0.6) is 17.2 Å². The largest absolute Gasteiger partial charge is 0.507 e. The van der Waals surface area contributed by atoms with Crippen molar-refractivity contribution < 1.29 is 24.5 Å². The second-order valence-electron chi connectivity index (χ2n) is 5.31. The van der Waals surface area contributed by atoms with E-state index in [1.54, 1.807) is 36.4 Å². The molecular formula is C20H14O5. The molecule has 0 heterocycles. The Morgan fingerprint density at radius 3 is 2.12 bits per heavy atom. The van der Waals surface area contributed by atoms with E-state index >= 15 is 0 Å². The van der Waals surface area contributed by atoms with E-state index in [0.717, 1.165) is 6.07 Å². The molecule has 0 aliphatic heterocycles. The van der Waals surface area contributed by atoms with Crippen molar-refractivity contribution in [3.05, 3.63) is 89.5 Å². The van der Waals surface area contributed by atoms with Crippen LogP contribution in [0.4, 0.5) is 0 Å². The summed E-state index contributed by atoms with van der Waals surface area (Å²) in [6, 6.07) is 19.5. The molecule has 0 amide bonds. The van der Waals surface area contributed by atoms with Crippen molar-refractivity contribution in [2.24, 2.45) is 0 Å². The standard InChI is InChI=1S/C20H14O5/c21-18-12-14(9-10-17(18)20(23)24)19(22)13-5-4-8-16(11-13)25-15-6-2-1-3-7-15/h1-12,21H,(H,23,24).